The van der Waals surface area contributed by atoms with Gasteiger partial charge in [-0.15, -0.1) is 24.0 Å². The number of aryl methyl sites for hydroxylation is 2. The van der Waals surface area contributed by atoms with Gasteiger partial charge >= 0.3 is 0 Å². The van der Waals surface area contributed by atoms with Gasteiger partial charge in [0.05, 0.1) is 46.0 Å². The van der Waals surface area contributed by atoms with Gasteiger partial charge in [-0.3, -0.25) is 18.1 Å². The van der Waals surface area contributed by atoms with E-state index < -0.39 is 41.5 Å². The third-order valence-electron chi connectivity index (χ3n) is 10.2. The first-order valence-electron chi connectivity index (χ1n) is 21.2. The highest BCUT2D eigenvalue weighted by molar-refractivity contribution is 7.94. The summed E-state index contributed by atoms with van der Waals surface area (Å²) in [5.74, 6) is -0.952. The van der Waals surface area contributed by atoms with E-state index in [1.807, 2.05) is 49.4 Å². The molecule has 0 aliphatic rings. The molecule has 0 bridgehead atoms. The Balaban J connectivity index is 0.000000288. The SMILES string of the molecule is CCN(CC)c1ccc(N=Nc2ccc(NC(=O)c3ccc(C)cc3)cc2)c(N)c1.CN=Nc1c(S(=O)(=O)O)cc2cc(SOOO)c(N=Nc3ccc(CCCOSOOO)cc3S(=O)(=O)O)c(N)c2c1O. The lowest BCUT2D eigenvalue weighted by atomic mass is 10.1. The molecule has 388 valence electrons. The molecule has 25 nitrogen and oxygen atoms in total. The quantitative estimate of drug-likeness (QED) is 0.00595. The number of carbonyl (C=O) groups excluding carboxylic acids is 1. The molecule has 0 aromatic heterocycles. The summed E-state index contributed by atoms with van der Waals surface area (Å²) < 4.78 is 81.0. The normalized spacial score (nSPS) is 11.9. The Morgan fingerprint density at radius 3 is 2.03 bits per heavy atom. The number of azo groups is 3. The van der Waals surface area contributed by atoms with E-state index in [9.17, 15) is 35.8 Å². The van der Waals surface area contributed by atoms with Gasteiger partial charge < -0.3 is 26.8 Å². The number of nitrogens with one attached hydrogen (secondary N) is 1. The number of phenolic OH excluding ortho intramolecular Hbond substituents is 1. The zero-order valence-electron chi connectivity index (χ0n) is 39.0. The number of nitrogens with two attached hydrogens (primary N) is 2. The van der Waals surface area contributed by atoms with Crippen molar-refractivity contribution < 1.29 is 69.3 Å². The van der Waals surface area contributed by atoms with E-state index in [1.165, 1.54) is 25.2 Å². The fourth-order valence-corrected chi connectivity index (χ4v) is 8.77. The maximum absolute atomic E-state index is 12.3. The van der Waals surface area contributed by atoms with Gasteiger partial charge in [-0.05, 0) is 123 Å². The molecule has 0 saturated carbocycles. The molecule has 1 amide bonds. The van der Waals surface area contributed by atoms with Crippen molar-refractivity contribution in [3.05, 3.63) is 114 Å². The lowest BCUT2D eigenvalue weighted by Gasteiger charge is -2.21. The van der Waals surface area contributed by atoms with Crippen LogP contribution in [0.5, 0.6) is 5.75 Å². The second-order valence-electron chi connectivity index (χ2n) is 14.9. The fourth-order valence-electron chi connectivity index (χ4n) is 6.68. The Bertz CT molecular complexity index is 3200. The van der Waals surface area contributed by atoms with Crippen LogP contribution in [0.3, 0.4) is 0 Å². The molecule has 0 fully saturated rings. The highest BCUT2D eigenvalue weighted by atomic mass is 32.2. The van der Waals surface area contributed by atoms with Crippen molar-refractivity contribution >= 4 is 112 Å². The first kappa shape index (κ1) is 57.2. The lowest BCUT2D eigenvalue weighted by molar-refractivity contribution is -0.434. The summed E-state index contributed by atoms with van der Waals surface area (Å²) >= 11 is 0.694. The third-order valence-corrected chi connectivity index (χ3v) is 12.9. The first-order valence-corrected chi connectivity index (χ1v) is 25.5. The molecule has 0 heterocycles. The van der Waals surface area contributed by atoms with Crippen LogP contribution < -0.4 is 21.7 Å². The maximum Gasteiger partial charge on any atom is 0.296 e. The molecule has 10 N–H and O–H groups in total. The number of hydrogen-bond acceptors (Lipinski definition) is 24. The van der Waals surface area contributed by atoms with Crippen molar-refractivity contribution in [1.82, 2.24) is 0 Å². The number of amides is 1. The van der Waals surface area contributed by atoms with Gasteiger partial charge in [-0.1, -0.05) is 33.8 Å². The van der Waals surface area contributed by atoms with Crippen LogP contribution in [0.1, 0.15) is 41.8 Å². The largest absolute Gasteiger partial charge is 0.505 e. The Hall–Kier alpha value is -6.71. The number of phenols is 1. The summed E-state index contributed by atoms with van der Waals surface area (Å²) in [5.41, 5.74) is 16.7. The first-order chi connectivity index (χ1) is 34.8. The zero-order valence-corrected chi connectivity index (χ0v) is 42.3. The molecule has 0 aliphatic heterocycles. The van der Waals surface area contributed by atoms with E-state index in [1.54, 1.807) is 24.3 Å². The molecule has 0 saturated heterocycles. The molecule has 0 aliphatic carbocycles. The standard InChI is InChI=1S/C24H27N5O.C20H21N5O14S4/c1-4-29(5-2)21-14-15-23(22(25)16-21)28-27-20-12-10-19(11-13-20)26-24(30)18-8-6-17(3)7-9-18;1-22-24-19-15(43(32,33)34)9-11-8-13(40-38-36-27)18(17(21)16(11)20(19)26)25-23-12-5-4-10(7-14(12)42(29,30)31)3-2-6-35-41-39-37-28/h6-16H,4-5,25H2,1-3H3,(H,26,30);4-5,7-9,26-28H,2-3,6,21H2,1H3,(H,29,30,31)(H,32,33,34). The van der Waals surface area contributed by atoms with Crippen molar-refractivity contribution in [1.29, 1.82) is 0 Å². The number of benzene rings is 6. The molecule has 6 aromatic rings. The summed E-state index contributed by atoms with van der Waals surface area (Å²) in [6, 6.07) is 26.4. The third kappa shape index (κ3) is 15.9. The summed E-state index contributed by atoms with van der Waals surface area (Å²) in [6.45, 7) is 8.17. The Morgan fingerprint density at radius 2 is 1.41 bits per heavy atom. The van der Waals surface area contributed by atoms with Gasteiger partial charge in [0.15, 0.2) is 18.1 Å². The monoisotopic (exact) mass is 1080 g/mol. The average Bonchev–Trinajstić information content (AvgIpc) is 3.35. The number of fused-ring (bicyclic) bond motifs is 1. The van der Waals surface area contributed by atoms with E-state index in [0.29, 0.717) is 71.1 Å². The van der Waals surface area contributed by atoms with E-state index in [0.717, 1.165) is 36.5 Å². The minimum Gasteiger partial charge on any atom is -0.505 e. The smallest absolute Gasteiger partial charge is 0.296 e. The molecule has 0 unspecified atom stereocenters. The van der Waals surface area contributed by atoms with Gasteiger partial charge in [0, 0.05) is 37.1 Å². The number of aromatic hydroxyl groups is 1. The predicted molar refractivity (Wildman–Crippen MR) is 272 cm³/mol. The van der Waals surface area contributed by atoms with Gasteiger partial charge in [0.25, 0.3) is 26.1 Å². The number of carbonyl (C=O) groups is 1. The molecule has 73 heavy (non-hydrogen) atoms. The van der Waals surface area contributed by atoms with Crippen LogP contribution in [0.15, 0.2) is 142 Å². The molecule has 6 rings (SSSR count). The maximum atomic E-state index is 12.3. The Morgan fingerprint density at radius 1 is 0.753 bits per heavy atom. The number of nitrogen functional groups attached to an aromatic ring is 2. The van der Waals surface area contributed by atoms with Crippen LogP contribution in [0.4, 0.5) is 51.2 Å². The van der Waals surface area contributed by atoms with Gasteiger partial charge in [-0.25, -0.2) is 10.5 Å². The van der Waals surface area contributed by atoms with Gasteiger partial charge in [-0.2, -0.15) is 32.2 Å². The van der Waals surface area contributed by atoms with Crippen molar-refractivity contribution in [2.45, 2.75) is 48.3 Å². The second-order valence-corrected chi connectivity index (χ2v) is 18.9. The number of rotatable bonds is 22. The molecular formula is C44H48N10O15S4. The van der Waals surface area contributed by atoms with Gasteiger partial charge in [0.1, 0.15) is 32.5 Å². The van der Waals surface area contributed by atoms with Crippen molar-refractivity contribution in [2.24, 2.45) is 30.7 Å². The van der Waals surface area contributed by atoms with Gasteiger partial charge in [0.2, 0.25) is 0 Å². The summed E-state index contributed by atoms with van der Waals surface area (Å²) in [7, 11) is -8.55. The van der Waals surface area contributed by atoms with E-state index >= 15 is 0 Å². The zero-order chi connectivity index (χ0) is 53.3. The van der Waals surface area contributed by atoms with Crippen LogP contribution in [0, 0.1) is 6.92 Å². The second kappa shape index (κ2) is 26.8. The van der Waals surface area contributed by atoms with Crippen LogP contribution >= 0.6 is 24.4 Å². The lowest BCUT2D eigenvalue weighted by Crippen LogP contribution is -2.21. The minimum atomic E-state index is -4.91. The minimum absolute atomic E-state index is 0.0681. The Labute approximate surface area is 426 Å². The van der Waals surface area contributed by atoms with Crippen molar-refractivity contribution in [2.75, 3.05) is 48.4 Å². The molecule has 0 spiro atoms. The highest BCUT2D eigenvalue weighted by Crippen LogP contribution is 2.49. The summed E-state index contributed by atoms with van der Waals surface area (Å²) in [4.78, 5) is 13.0. The molecule has 0 radical (unpaired) electrons. The number of nitrogens with zero attached hydrogens (tertiary/aromatic N) is 7. The topological polar surface area (TPSA) is 374 Å². The Kier molecular flexibility index (Phi) is 21.0. The van der Waals surface area contributed by atoms with E-state index in [4.69, 9.17) is 26.2 Å². The van der Waals surface area contributed by atoms with E-state index in [2.05, 4.69) is 73.5 Å². The fraction of sp³-hybridized carbons (Fsp3) is 0.205. The van der Waals surface area contributed by atoms with Crippen molar-refractivity contribution in [3.63, 3.8) is 0 Å². The molecule has 29 heteroatoms. The summed E-state index contributed by atoms with van der Waals surface area (Å²) in [5, 5.41) is 60.5. The number of hydrogen-bond donors (Lipinski definition) is 8. The van der Waals surface area contributed by atoms with Crippen molar-refractivity contribution in [3.8, 4) is 5.75 Å². The number of anilines is 4. The predicted octanol–water partition coefficient (Wildman–Crippen LogP) is 11.2. The van der Waals surface area contributed by atoms with E-state index in [-0.39, 0.29) is 45.2 Å². The molecule has 6 aromatic carbocycles. The highest BCUT2D eigenvalue weighted by Gasteiger charge is 2.26. The van der Waals surface area contributed by atoms with Crippen LogP contribution in [0.2, 0.25) is 0 Å². The van der Waals surface area contributed by atoms with Crippen LogP contribution in [-0.4, -0.2) is 74.2 Å². The molecular weight excluding hydrogens is 1040 g/mol. The summed E-state index contributed by atoms with van der Waals surface area (Å²) in [6.07, 6.45) is 0.663. The molecule has 0 atom stereocenters. The van der Waals surface area contributed by atoms with Crippen LogP contribution in [0.25, 0.3) is 10.8 Å². The average molecular weight is 1090 g/mol. The van der Waals surface area contributed by atoms with Crippen LogP contribution in [-0.2, 0) is 49.6 Å².